The van der Waals surface area contributed by atoms with Gasteiger partial charge in [-0.05, 0) is 37.1 Å². The van der Waals surface area contributed by atoms with Crippen molar-refractivity contribution in [3.63, 3.8) is 0 Å². The van der Waals surface area contributed by atoms with Crippen molar-refractivity contribution in [1.82, 2.24) is 19.8 Å². The Balaban J connectivity index is 1.37. The second-order valence-electron chi connectivity index (χ2n) is 5.76. The quantitative estimate of drug-likeness (QED) is 0.771. The summed E-state index contributed by atoms with van der Waals surface area (Å²) >= 11 is 1.48. The molecular formula is C16H14N6OS. The lowest BCUT2D eigenvalue weighted by molar-refractivity contribution is -0.116. The number of carbonyl (C=O) groups excluding carboxylic acids is 1. The minimum atomic E-state index is -0.0758. The molecule has 0 atom stereocenters. The maximum Gasteiger partial charge on any atom is 0.234 e. The van der Waals surface area contributed by atoms with Crippen LogP contribution in [0.3, 0.4) is 0 Å². The Labute approximate surface area is 141 Å². The summed E-state index contributed by atoms with van der Waals surface area (Å²) in [5.74, 6) is 1.36. The largest absolute Gasteiger partial charge is 0.326 e. The van der Waals surface area contributed by atoms with Gasteiger partial charge in [0, 0.05) is 24.4 Å². The van der Waals surface area contributed by atoms with Crippen LogP contribution in [0.5, 0.6) is 0 Å². The Morgan fingerprint density at radius 3 is 2.83 bits per heavy atom. The van der Waals surface area contributed by atoms with Crippen LogP contribution in [0.1, 0.15) is 41.6 Å². The van der Waals surface area contributed by atoms with Gasteiger partial charge in [-0.15, -0.1) is 10.2 Å². The number of nitriles is 1. The SMILES string of the molecule is N#Cc1ccc(NC(=O)CCc2nn3c(C4CC4)nnc3s2)cc1. The van der Waals surface area contributed by atoms with Gasteiger partial charge < -0.3 is 5.32 Å². The molecule has 1 N–H and O–H groups in total. The predicted octanol–water partition coefficient (Wildman–Crippen LogP) is 2.51. The lowest BCUT2D eigenvalue weighted by Gasteiger charge is -2.04. The average Bonchev–Trinajstić information content (AvgIpc) is 3.23. The first-order valence-electron chi connectivity index (χ1n) is 7.74. The Morgan fingerprint density at radius 1 is 1.33 bits per heavy atom. The van der Waals surface area contributed by atoms with E-state index < -0.39 is 0 Å². The normalized spacial score (nSPS) is 13.8. The van der Waals surface area contributed by atoms with E-state index in [-0.39, 0.29) is 5.91 Å². The number of nitrogens with zero attached hydrogens (tertiary/aromatic N) is 5. The second-order valence-corrected chi connectivity index (χ2v) is 6.80. The van der Waals surface area contributed by atoms with Gasteiger partial charge in [-0.3, -0.25) is 4.79 Å². The molecule has 1 aliphatic rings. The molecule has 2 heterocycles. The number of carbonyl (C=O) groups is 1. The number of fused-ring (bicyclic) bond motifs is 1. The number of hydrogen-bond donors (Lipinski definition) is 1. The smallest absolute Gasteiger partial charge is 0.234 e. The Kier molecular flexibility index (Phi) is 3.70. The van der Waals surface area contributed by atoms with Crippen LogP contribution in [0.25, 0.3) is 4.96 Å². The summed E-state index contributed by atoms with van der Waals surface area (Å²) in [6, 6.07) is 8.85. The molecule has 0 spiro atoms. The molecule has 0 radical (unpaired) electrons. The number of benzene rings is 1. The molecule has 0 aliphatic heterocycles. The average molecular weight is 338 g/mol. The highest BCUT2D eigenvalue weighted by Gasteiger charge is 2.30. The van der Waals surface area contributed by atoms with Gasteiger partial charge in [-0.1, -0.05) is 11.3 Å². The van der Waals surface area contributed by atoms with Crippen LogP contribution in [0, 0.1) is 11.3 Å². The summed E-state index contributed by atoms with van der Waals surface area (Å²) in [5, 5.41) is 25.3. The minimum Gasteiger partial charge on any atom is -0.326 e. The van der Waals surface area contributed by atoms with Gasteiger partial charge in [0.05, 0.1) is 11.6 Å². The maximum atomic E-state index is 12.0. The Morgan fingerprint density at radius 2 is 2.12 bits per heavy atom. The molecule has 3 aromatic rings. The van der Waals surface area contributed by atoms with Crippen molar-refractivity contribution in [2.75, 3.05) is 5.32 Å². The topological polar surface area (TPSA) is 96.0 Å². The van der Waals surface area contributed by atoms with Crippen LogP contribution >= 0.6 is 11.3 Å². The Bertz CT molecular complexity index is 932. The summed E-state index contributed by atoms with van der Waals surface area (Å²) in [5.41, 5.74) is 1.26. The first kappa shape index (κ1) is 14.8. The zero-order valence-electron chi connectivity index (χ0n) is 12.8. The summed E-state index contributed by atoms with van der Waals surface area (Å²) in [6.07, 6.45) is 3.23. The number of amides is 1. The standard InChI is InChI=1S/C16H14N6OS/c17-9-10-1-5-12(6-2-10)18-13(23)7-8-14-21-22-15(11-3-4-11)19-20-16(22)24-14/h1-2,5-6,11H,3-4,7-8H2,(H,18,23). The molecule has 2 aromatic heterocycles. The molecule has 1 saturated carbocycles. The van der Waals surface area contributed by atoms with Crippen molar-refractivity contribution < 1.29 is 4.79 Å². The minimum absolute atomic E-state index is 0.0758. The van der Waals surface area contributed by atoms with Gasteiger partial charge in [-0.2, -0.15) is 14.9 Å². The van der Waals surface area contributed by atoms with Gasteiger partial charge in [0.25, 0.3) is 0 Å². The van der Waals surface area contributed by atoms with Crippen molar-refractivity contribution in [3.05, 3.63) is 40.7 Å². The number of anilines is 1. The molecule has 4 rings (SSSR count). The summed E-state index contributed by atoms with van der Waals surface area (Å²) < 4.78 is 1.82. The summed E-state index contributed by atoms with van der Waals surface area (Å²) in [7, 11) is 0. The fourth-order valence-corrected chi connectivity index (χ4v) is 3.28. The van der Waals surface area contributed by atoms with E-state index in [0.29, 0.717) is 30.0 Å². The molecule has 120 valence electrons. The van der Waals surface area contributed by atoms with Gasteiger partial charge in [-0.25, -0.2) is 0 Å². The number of aryl methyl sites for hydroxylation is 1. The van der Waals surface area contributed by atoms with E-state index in [4.69, 9.17) is 5.26 Å². The van der Waals surface area contributed by atoms with E-state index >= 15 is 0 Å². The lowest BCUT2D eigenvalue weighted by Crippen LogP contribution is -2.12. The zero-order chi connectivity index (χ0) is 16.5. The molecule has 1 aliphatic carbocycles. The van der Waals surface area contributed by atoms with E-state index in [0.717, 1.165) is 28.6 Å². The molecule has 1 amide bonds. The molecule has 8 heteroatoms. The molecule has 0 bridgehead atoms. The van der Waals surface area contributed by atoms with Crippen LogP contribution in [0.2, 0.25) is 0 Å². The summed E-state index contributed by atoms with van der Waals surface area (Å²) in [4.78, 5) is 12.8. The van der Waals surface area contributed by atoms with Crippen LogP contribution in [-0.4, -0.2) is 25.7 Å². The van der Waals surface area contributed by atoms with Gasteiger partial charge in [0.1, 0.15) is 5.01 Å². The highest BCUT2D eigenvalue weighted by Crippen LogP contribution is 2.39. The third-order valence-electron chi connectivity index (χ3n) is 3.86. The third kappa shape index (κ3) is 2.98. The molecular weight excluding hydrogens is 324 g/mol. The van der Waals surface area contributed by atoms with Crippen molar-refractivity contribution >= 4 is 27.9 Å². The highest BCUT2D eigenvalue weighted by atomic mass is 32.1. The number of hydrogen-bond acceptors (Lipinski definition) is 6. The van der Waals surface area contributed by atoms with E-state index in [9.17, 15) is 4.79 Å². The van der Waals surface area contributed by atoms with Crippen molar-refractivity contribution in [3.8, 4) is 6.07 Å². The number of nitrogens with one attached hydrogen (secondary N) is 1. The van der Waals surface area contributed by atoms with E-state index in [1.807, 2.05) is 10.6 Å². The highest BCUT2D eigenvalue weighted by molar-refractivity contribution is 7.16. The van der Waals surface area contributed by atoms with E-state index in [2.05, 4.69) is 20.6 Å². The predicted molar refractivity (Wildman–Crippen MR) is 88.7 cm³/mol. The fourth-order valence-electron chi connectivity index (χ4n) is 2.44. The van der Waals surface area contributed by atoms with Gasteiger partial charge in [0.2, 0.25) is 10.9 Å². The fraction of sp³-hybridized carbons (Fsp3) is 0.312. The lowest BCUT2D eigenvalue weighted by atomic mass is 10.2. The monoisotopic (exact) mass is 338 g/mol. The molecule has 1 fully saturated rings. The van der Waals surface area contributed by atoms with Crippen LogP contribution < -0.4 is 5.32 Å². The summed E-state index contributed by atoms with van der Waals surface area (Å²) in [6.45, 7) is 0. The zero-order valence-corrected chi connectivity index (χ0v) is 13.6. The van der Waals surface area contributed by atoms with Crippen LogP contribution in [0.15, 0.2) is 24.3 Å². The maximum absolute atomic E-state index is 12.0. The van der Waals surface area contributed by atoms with E-state index in [1.165, 1.54) is 11.3 Å². The molecule has 0 saturated heterocycles. The number of aromatic nitrogens is 4. The molecule has 1 aromatic carbocycles. The van der Waals surface area contributed by atoms with Crippen molar-refractivity contribution in [2.45, 2.75) is 31.6 Å². The first-order valence-corrected chi connectivity index (χ1v) is 8.55. The van der Waals surface area contributed by atoms with Crippen LogP contribution in [0.4, 0.5) is 5.69 Å². The Hall–Kier alpha value is -2.79. The van der Waals surface area contributed by atoms with Crippen molar-refractivity contribution in [1.29, 1.82) is 5.26 Å². The van der Waals surface area contributed by atoms with E-state index in [1.54, 1.807) is 24.3 Å². The molecule has 24 heavy (non-hydrogen) atoms. The van der Waals surface area contributed by atoms with Crippen molar-refractivity contribution in [2.24, 2.45) is 0 Å². The van der Waals surface area contributed by atoms with Crippen LogP contribution in [-0.2, 0) is 11.2 Å². The second kappa shape index (κ2) is 6.02. The molecule has 0 unspecified atom stereocenters. The molecule has 7 nitrogen and oxygen atoms in total. The van der Waals surface area contributed by atoms with Gasteiger partial charge >= 0.3 is 0 Å². The first-order chi connectivity index (χ1) is 11.7. The van der Waals surface area contributed by atoms with Gasteiger partial charge in [0.15, 0.2) is 5.82 Å². The third-order valence-corrected chi connectivity index (χ3v) is 4.82. The number of rotatable bonds is 5.